The number of hydrogen-bond donors (Lipinski definition) is 2. The SMILES string of the molecule is COCCN1C[C@@H](NC(=O)Nc2cc(S(C)(=O)=O)cnc2-c2ccccc2)[C@H](c2ccc(F)c(F)c2)C1. The maximum atomic E-state index is 14.0. The first-order chi connectivity index (χ1) is 17.7. The van der Waals surface area contributed by atoms with Crippen molar-refractivity contribution >= 4 is 21.6 Å². The van der Waals surface area contributed by atoms with Gasteiger partial charge in [0.15, 0.2) is 21.5 Å². The fourth-order valence-electron chi connectivity index (χ4n) is 4.41. The number of urea groups is 1. The lowest BCUT2D eigenvalue weighted by Gasteiger charge is -2.21. The molecule has 1 saturated heterocycles. The Morgan fingerprint density at radius 1 is 1.11 bits per heavy atom. The highest BCUT2D eigenvalue weighted by molar-refractivity contribution is 7.90. The topological polar surface area (TPSA) is 101 Å². The summed E-state index contributed by atoms with van der Waals surface area (Å²) in [5.74, 6) is -2.19. The second-order valence-electron chi connectivity index (χ2n) is 8.94. The Labute approximate surface area is 214 Å². The highest BCUT2D eigenvalue weighted by Gasteiger charge is 2.35. The molecule has 1 fully saturated rings. The Bertz CT molecular complexity index is 1370. The molecule has 1 aliphatic rings. The van der Waals surface area contributed by atoms with E-state index >= 15 is 0 Å². The van der Waals surface area contributed by atoms with Crippen LogP contribution < -0.4 is 10.6 Å². The number of sulfone groups is 1. The maximum Gasteiger partial charge on any atom is 0.319 e. The van der Waals surface area contributed by atoms with E-state index in [0.29, 0.717) is 43.1 Å². The molecule has 11 heteroatoms. The minimum atomic E-state index is -3.57. The third kappa shape index (κ3) is 6.48. The molecule has 3 aromatic rings. The number of pyridine rings is 1. The average Bonchev–Trinajstić information content (AvgIpc) is 3.26. The van der Waals surface area contributed by atoms with Gasteiger partial charge in [-0.25, -0.2) is 22.0 Å². The van der Waals surface area contributed by atoms with E-state index in [9.17, 15) is 22.0 Å². The first kappa shape index (κ1) is 26.6. The smallest absolute Gasteiger partial charge is 0.319 e. The van der Waals surface area contributed by atoms with Gasteiger partial charge in [0.1, 0.15) is 0 Å². The summed E-state index contributed by atoms with van der Waals surface area (Å²) in [4.78, 5) is 19.5. The van der Waals surface area contributed by atoms with Crippen LogP contribution in [0.3, 0.4) is 0 Å². The van der Waals surface area contributed by atoms with Crippen molar-refractivity contribution in [1.82, 2.24) is 15.2 Å². The van der Waals surface area contributed by atoms with E-state index in [1.54, 1.807) is 19.2 Å². The predicted octanol–water partition coefficient (Wildman–Crippen LogP) is 3.67. The van der Waals surface area contributed by atoms with Gasteiger partial charge in [-0.3, -0.25) is 9.88 Å². The summed E-state index contributed by atoms with van der Waals surface area (Å²) in [6, 6.07) is 13.2. The van der Waals surface area contributed by atoms with E-state index in [0.717, 1.165) is 18.4 Å². The molecule has 4 rings (SSSR count). The van der Waals surface area contributed by atoms with E-state index in [2.05, 4.69) is 20.5 Å². The molecule has 0 saturated carbocycles. The van der Waals surface area contributed by atoms with Gasteiger partial charge in [0.2, 0.25) is 0 Å². The highest BCUT2D eigenvalue weighted by atomic mass is 32.2. The van der Waals surface area contributed by atoms with Crippen LogP contribution in [-0.2, 0) is 14.6 Å². The lowest BCUT2D eigenvalue weighted by Crippen LogP contribution is -2.42. The maximum absolute atomic E-state index is 14.0. The molecule has 0 radical (unpaired) electrons. The minimum Gasteiger partial charge on any atom is -0.383 e. The van der Waals surface area contributed by atoms with E-state index in [1.807, 2.05) is 18.2 Å². The molecule has 1 aromatic heterocycles. The van der Waals surface area contributed by atoms with Crippen LogP contribution in [0.15, 0.2) is 65.7 Å². The second-order valence-corrected chi connectivity index (χ2v) is 11.0. The Morgan fingerprint density at radius 2 is 1.86 bits per heavy atom. The molecule has 1 aliphatic heterocycles. The fourth-order valence-corrected chi connectivity index (χ4v) is 4.99. The van der Waals surface area contributed by atoms with Crippen LogP contribution >= 0.6 is 0 Å². The van der Waals surface area contributed by atoms with Crippen LogP contribution in [0.1, 0.15) is 11.5 Å². The summed E-state index contributed by atoms with van der Waals surface area (Å²) in [5, 5.41) is 5.67. The van der Waals surface area contributed by atoms with Gasteiger partial charge in [-0.15, -0.1) is 0 Å². The number of methoxy groups -OCH3 is 1. The number of halogens is 2. The number of carbonyl (C=O) groups is 1. The van der Waals surface area contributed by atoms with Crippen LogP contribution in [0, 0.1) is 11.6 Å². The second kappa shape index (κ2) is 11.3. The van der Waals surface area contributed by atoms with Crippen LogP contribution in [-0.4, -0.2) is 70.0 Å². The van der Waals surface area contributed by atoms with Crippen molar-refractivity contribution in [3.05, 3.63) is 78.0 Å². The van der Waals surface area contributed by atoms with Crippen molar-refractivity contribution in [3.63, 3.8) is 0 Å². The first-order valence-corrected chi connectivity index (χ1v) is 13.5. The number of likely N-dealkylation sites (tertiary alicyclic amines) is 1. The van der Waals surface area contributed by atoms with Gasteiger partial charge < -0.3 is 15.4 Å². The Balaban J connectivity index is 1.59. The number of nitrogens with one attached hydrogen (secondary N) is 2. The molecule has 2 aromatic carbocycles. The molecule has 0 spiro atoms. The van der Waals surface area contributed by atoms with Crippen LogP contribution in [0.5, 0.6) is 0 Å². The van der Waals surface area contributed by atoms with Crippen LogP contribution in [0.2, 0.25) is 0 Å². The number of anilines is 1. The third-order valence-electron chi connectivity index (χ3n) is 6.28. The van der Waals surface area contributed by atoms with E-state index in [4.69, 9.17) is 4.74 Å². The zero-order valence-electron chi connectivity index (χ0n) is 20.4. The molecule has 0 aliphatic carbocycles. The average molecular weight is 531 g/mol. The van der Waals surface area contributed by atoms with Gasteiger partial charge in [-0.1, -0.05) is 36.4 Å². The molecular formula is C26H28F2N4O4S. The number of nitrogens with zero attached hydrogens (tertiary/aromatic N) is 2. The molecule has 0 unspecified atom stereocenters. The molecule has 0 bridgehead atoms. The number of ether oxygens (including phenoxy) is 1. The molecule has 37 heavy (non-hydrogen) atoms. The molecule has 196 valence electrons. The lowest BCUT2D eigenvalue weighted by atomic mass is 9.94. The zero-order chi connectivity index (χ0) is 26.6. The summed E-state index contributed by atoms with van der Waals surface area (Å²) in [6.07, 6.45) is 2.32. The summed E-state index contributed by atoms with van der Waals surface area (Å²) >= 11 is 0. The van der Waals surface area contributed by atoms with Gasteiger partial charge in [0, 0.05) is 50.7 Å². The summed E-state index contributed by atoms with van der Waals surface area (Å²) < 4.78 is 56.9. The largest absolute Gasteiger partial charge is 0.383 e. The minimum absolute atomic E-state index is 0.0336. The summed E-state index contributed by atoms with van der Waals surface area (Å²) in [5.41, 5.74) is 1.90. The Hall–Kier alpha value is -3.41. The molecular weight excluding hydrogens is 502 g/mol. The van der Waals surface area contributed by atoms with Crippen molar-refractivity contribution in [3.8, 4) is 11.3 Å². The van der Waals surface area contributed by atoms with Gasteiger partial charge >= 0.3 is 6.03 Å². The summed E-state index contributed by atoms with van der Waals surface area (Å²) in [6.45, 7) is 2.07. The Morgan fingerprint density at radius 3 is 2.54 bits per heavy atom. The molecule has 2 atom stereocenters. The van der Waals surface area contributed by atoms with Gasteiger partial charge in [-0.05, 0) is 23.8 Å². The zero-order valence-corrected chi connectivity index (χ0v) is 21.3. The van der Waals surface area contributed by atoms with Crippen molar-refractivity contribution in [2.24, 2.45) is 0 Å². The monoisotopic (exact) mass is 530 g/mol. The molecule has 2 amide bonds. The molecule has 2 N–H and O–H groups in total. The number of hydrogen-bond acceptors (Lipinski definition) is 6. The van der Waals surface area contributed by atoms with Crippen molar-refractivity contribution in [2.45, 2.75) is 16.9 Å². The van der Waals surface area contributed by atoms with Crippen molar-refractivity contribution < 1.29 is 26.7 Å². The van der Waals surface area contributed by atoms with E-state index < -0.39 is 33.5 Å². The van der Waals surface area contributed by atoms with Gasteiger partial charge in [0.05, 0.1) is 28.9 Å². The quantitative estimate of drug-likeness (QED) is 0.461. The van der Waals surface area contributed by atoms with Crippen molar-refractivity contribution in [2.75, 3.05) is 44.9 Å². The van der Waals surface area contributed by atoms with Crippen molar-refractivity contribution in [1.29, 1.82) is 0 Å². The number of carbonyl (C=O) groups excluding carboxylic acids is 1. The summed E-state index contributed by atoms with van der Waals surface area (Å²) in [7, 11) is -1.98. The lowest BCUT2D eigenvalue weighted by molar-refractivity contribution is 0.159. The number of rotatable bonds is 8. The highest BCUT2D eigenvalue weighted by Crippen LogP contribution is 2.30. The fraction of sp³-hybridized carbons (Fsp3) is 0.308. The van der Waals surface area contributed by atoms with Gasteiger partial charge in [0.25, 0.3) is 0 Å². The standard InChI is InChI=1S/C26H28F2N4O4S/c1-36-11-10-32-15-20(18-8-9-21(27)22(28)12-18)24(16-32)31-26(33)30-23-13-19(37(2,34)35)14-29-25(23)17-6-4-3-5-7-17/h3-9,12-14,20,24H,10-11,15-16H2,1-2H3,(H2,30,31,33)/t20-,24+/m0/s1. The molecule has 8 nitrogen and oxygen atoms in total. The van der Waals surface area contributed by atoms with Crippen LogP contribution in [0.25, 0.3) is 11.3 Å². The number of benzene rings is 2. The first-order valence-electron chi connectivity index (χ1n) is 11.6. The van der Waals surface area contributed by atoms with E-state index in [-0.39, 0.29) is 16.5 Å². The van der Waals surface area contributed by atoms with Crippen LogP contribution in [0.4, 0.5) is 19.3 Å². The van der Waals surface area contributed by atoms with Gasteiger partial charge in [-0.2, -0.15) is 0 Å². The van der Waals surface area contributed by atoms with E-state index in [1.165, 1.54) is 18.3 Å². The number of aromatic nitrogens is 1. The molecule has 2 heterocycles. The predicted molar refractivity (Wildman–Crippen MR) is 136 cm³/mol. The Kier molecular flexibility index (Phi) is 8.16. The third-order valence-corrected chi connectivity index (χ3v) is 7.36. The number of amides is 2. The normalized spacial score (nSPS) is 18.1.